The first-order valence-corrected chi connectivity index (χ1v) is 14.0. The third kappa shape index (κ3) is 4.45. The van der Waals surface area contributed by atoms with E-state index < -0.39 is 11.7 Å². The number of hydrogen-bond donors (Lipinski definition) is 0. The molecule has 0 saturated carbocycles. The molecule has 2 nitrogen and oxygen atoms in total. The van der Waals surface area contributed by atoms with E-state index in [-0.39, 0.29) is 0 Å². The molecule has 2 heterocycles. The number of para-hydroxylation sites is 2. The Hall–Kier alpha value is -4.55. The average molecular weight is 561 g/mol. The van der Waals surface area contributed by atoms with Gasteiger partial charge in [-0.25, -0.2) is 4.98 Å². The third-order valence-electron chi connectivity index (χ3n) is 7.41. The van der Waals surface area contributed by atoms with E-state index in [0.717, 1.165) is 66.6 Å². The molecule has 0 amide bonds. The van der Waals surface area contributed by atoms with E-state index in [1.54, 1.807) is 11.8 Å². The van der Waals surface area contributed by atoms with Crippen LogP contribution in [0.5, 0.6) is 0 Å². The molecule has 0 bridgehead atoms. The number of pyridine rings is 1. The molecular weight excluding hydrogens is 537 g/mol. The maximum absolute atomic E-state index is 13.3. The second kappa shape index (κ2) is 9.82. The zero-order valence-corrected chi connectivity index (χ0v) is 22.8. The van der Waals surface area contributed by atoms with Crippen molar-refractivity contribution in [2.24, 2.45) is 0 Å². The van der Waals surface area contributed by atoms with Crippen LogP contribution >= 0.6 is 11.8 Å². The summed E-state index contributed by atoms with van der Waals surface area (Å²) in [5.41, 5.74) is 7.46. The van der Waals surface area contributed by atoms with Crippen LogP contribution in [0.15, 0.2) is 131 Å². The minimum absolute atomic E-state index is 0.616. The summed E-state index contributed by atoms with van der Waals surface area (Å²) in [6.45, 7) is 2.08. The van der Waals surface area contributed by atoms with E-state index >= 15 is 0 Å². The van der Waals surface area contributed by atoms with Gasteiger partial charge in [0.15, 0.2) is 0 Å². The van der Waals surface area contributed by atoms with Crippen LogP contribution < -0.4 is 4.90 Å². The summed E-state index contributed by atoms with van der Waals surface area (Å²) >= 11 is 1.74. The summed E-state index contributed by atoms with van der Waals surface area (Å²) in [7, 11) is 0. The van der Waals surface area contributed by atoms with Crippen molar-refractivity contribution in [3.05, 3.63) is 132 Å². The zero-order valence-electron chi connectivity index (χ0n) is 22.0. The summed E-state index contributed by atoms with van der Waals surface area (Å²) in [6, 6.07) is 38.1. The first-order chi connectivity index (χ1) is 19.9. The summed E-state index contributed by atoms with van der Waals surface area (Å²) in [4.78, 5) is 9.71. The van der Waals surface area contributed by atoms with Crippen LogP contribution in [0.3, 0.4) is 0 Å². The molecule has 0 unspecified atom stereocenters. The molecule has 1 aromatic heterocycles. The summed E-state index contributed by atoms with van der Waals surface area (Å²) in [5, 5.41) is 1.01. The fraction of sp³-hybridized carbons (Fsp3) is 0.0571. The van der Waals surface area contributed by atoms with Gasteiger partial charge in [0.05, 0.1) is 33.8 Å². The Balaban J connectivity index is 1.54. The summed E-state index contributed by atoms with van der Waals surface area (Å²) in [5.74, 6) is 0. The molecular formula is C35H23F3N2S. The predicted octanol–water partition coefficient (Wildman–Crippen LogP) is 10.8. The third-order valence-corrected chi connectivity index (χ3v) is 8.54. The number of rotatable bonds is 3. The molecule has 0 fully saturated rings. The molecule has 0 spiro atoms. The second-order valence-electron chi connectivity index (χ2n) is 9.99. The maximum Gasteiger partial charge on any atom is 0.416 e. The lowest BCUT2D eigenvalue weighted by molar-refractivity contribution is -0.137. The number of hydrogen-bond acceptors (Lipinski definition) is 3. The fourth-order valence-electron chi connectivity index (χ4n) is 5.46. The molecule has 41 heavy (non-hydrogen) atoms. The van der Waals surface area contributed by atoms with Crippen LogP contribution in [-0.2, 0) is 6.18 Å². The quantitative estimate of drug-likeness (QED) is 0.214. The molecule has 6 heteroatoms. The van der Waals surface area contributed by atoms with Gasteiger partial charge in [0, 0.05) is 20.7 Å². The monoisotopic (exact) mass is 560 g/mol. The van der Waals surface area contributed by atoms with Gasteiger partial charge < -0.3 is 4.90 Å². The highest BCUT2D eigenvalue weighted by atomic mass is 32.2. The lowest BCUT2D eigenvalue weighted by Crippen LogP contribution is -2.15. The van der Waals surface area contributed by atoms with Crippen LogP contribution in [0.4, 0.5) is 30.2 Å². The molecule has 1 aliphatic rings. The highest BCUT2D eigenvalue weighted by molar-refractivity contribution is 7.99. The van der Waals surface area contributed by atoms with E-state index in [9.17, 15) is 13.2 Å². The van der Waals surface area contributed by atoms with Crippen LogP contribution in [0.1, 0.15) is 11.1 Å². The van der Waals surface area contributed by atoms with E-state index in [1.165, 1.54) is 12.1 Å². The van der Waals surface area contributed by atoms with Gasteiger partial charge in [-0.1, -0.05) is 84.6 Å². The molecule has 0 N–H and O–H groups in total. The van der Waals surface area contributed by atoms with Gasteiger partial charge >= 0.3 is 6.18 Å². The van der Waals surface area contributed by atoms with E-state index in [1.807, 2.05) is 48.5 Å². The van der Waals surface area contributed by atoms with E-state index in [0.29, 0.717) is 11.3 Å². The lowest BCUT2D eigenvalue weighted by Gasteiger charge is -2.33. The van der Waals surface area contributed by atoms with Gasteiger partial charge in [0.1, 0.15) is 0 Å². The Morgan fingerprint density at radius 2 is 1.24 bits per heavy atom. The first kappa shape index (κ1) is 25.4. The van der Waals surface area contributed by atoms with Gasteiger partial charge in [-0.05, 0) is 72.1 Å². The minimum atomic E-state index is -4.40. The van der Waals surface area contributed by atoms with Crippen molar-refractivity contribution >= 4 is 39.7 Å². The van der Waals surface area contributed by atoms with Gasteiger partial charge in [-0.3, -0.25) is 0 Å². The minimum Gasteiger partial charge on any atom is -0.306 e. The fourth-order valence-corrected chi connectivity index (χ4v) is 6.52. The Labute approximate surface area is 240 Å². The van der Waals surface area contributed by atoms with Crippen molar-refractivity contribution in [1.29, 1.82) is 0 Å². The van der Waals surface area contributed by atoms with Crippen molar-refractivity contribution in [2.45, 2.75) is 22.9 Å². The highest BCUT2D eigenvalue weighted by Crippen LogP contribution is 2.53. The molecule has 7 rings (SSSR count). The summed E-state index contributed by atoms with van der Waals surface area (Å²) < 4.78 is 40.0. The van der Waals surface area contributed by atoms with Crippen molar-refractivity contribution in [2.75, 3.05) is 4.90 Å². The topological polar surface area (TPSA) is 16.1 Å². The average Bonchev–Trinajstić information content (AvgIpc) is 3.00. The second-order valence-corrected chi connectivity index (χ2v) is 11.1. The number of nitrogens with zero attached hydrogens (tertiary/aromatic N) is 2. The molecule has 0 radical (unpaired) electrons. The van der Waals surface area contributed by atoms with E-state index in [2.05, 4.69) is 60.4 Å². The SMILES string of the molecule is Cc1ccc(N2c3ccccc3Sc3ccccc32)c2nc(-c3ccc(C(F)(F)F)cc3)cc(-c3ccccc3)c12. The molecule has 200 valence electrons. The molecule has 6 aromatic rings. The van der Waals surface area contributed by atoms with Gasteiger partial charge in [0.25, 0.3) is 0 Å². The molecule has 0 saturated heterocycles. The largest absolute Gasteiger partial charge is 0.416 e. The zero-order chi connectivity index (χ0) is 28.1. The van der Waals surface area contributed by atoms with Crippen LogP contribution in [0.2, 0.25) is 0 Å². The number of aryl methyl sites for hydroxylation is 1. The number of anilines is 3. The number of aromatic nitrogens is 1. The van der Waals surface area contributed by atoms with Crippen LogP contribution in [0, 0.1) is 6.92 Å². The Bertz CT molecular complexity index is 1870. The number of halogens is 3. The van der Waals surface area contributed by atoms with Crippen molar-refractivity contribution in [3.63, 3.8) is 0 Å². The van der Waals surface area contributed by atoms with E-state index in [4.69, 9.17) is 4.98 Å². The normalized spacial score (nSPS) is 12.7. The Kier molecular flexibility index (Phi) is 6.09. The lowest BCUT2D eigenvalue weighted by atomic mass is 9.94. The molecule has 1 aliphatic heterocycles. The standard InChI is InChI=1S/C35H23F3N2S/c1-22-15-20-30(40-28-11-5-7-13-31(28)41-32-14-8-6-12-29(32)40)34-33(22)26(23-9-3-2-4-10-23)21-27(39-34)24-16-18-25(19-17-24)35(36,37)38/h2-21H,1H3. The Morgan fingerprint density at radius 3 is 1.88 bits per heavy atom. The van der Waals surface area contributed by atoms with Crippen molar-refractivity contribution < 1.29 is 13.2 Å². The van der Waals surface area contributed by atoms with Gasteiger partial charge in [-0.15, -0.1) is 0 Å². The summed E-state index contributed by atoms with van der Waals surface area (Å²) in [6.07, 6.45) is -4.40. The van der Waals surface area contributed by atoms with Gasteiger partial charge in [0.2, 0.25) is 0 Å². The first-order valence-electron chi connectivity index (χ1n) is 13.2. The molecule has 0 aliphatic carbocycles. The van der Waals surface area contributed by atoms with Crippen molar-refractivity contribution in [3.8, 4) is 22.4 Å². The van der Waals surface area contributed by atoms with Crippen molar-refractivity contribution in [1.82, 2.24) is 4.98 Å². The number of fused-ring (bicyclic) bond motifs is 3. The molecule has 5 aromatic carbocycles. The van der Waals surface area contributed by atoms with Gasteiger partial charge in [-0.2, -0.15) is 13.2 Å². The highest BCUT2D eigenvalue weighted by Gasteiger charge is 2.30. The number of benzene rings is 5. The molecule has 0 atom stereocenters. The maximum atomic E-state index is 13.3. The number of alkyl halides is 3. The smallest absolute Gasteiger partial charge is 0.306 e. The van der Waals surface area contributed by atoms with Crippen LogP contribution in [0.25, 0.3) is 33.3 Å². The Morgan fingerprint density at radius 1 is 0.634 bits per heavy atom. The van der Waals surface area contributed by atoms with Crippen LogP contribution in [-0.4, -0.2) is 4.98 Å². The predicted molar refractivity (Wildman–Crippen MR) is 161 cm³/mol.